The molecule has 0 saturated heterocycles. The first-order chi connectivity index (χ1) is 9.20. The van der Waals surface area contributed by atoms with E-state index >= 15 is 0 Å². The highest BCUT2D eigenvalue weighted by molar-refractivity contribution is 9.10. The van der Waals surface area contributed by atoms with E-state index in [4.69, 9.17) is 0 Å². The Bertz CT molecular complexity index is 588. The summed E-state index contributed by atoms with van der Waals surface area (Å²) in [6, 6.07) is 7.01. The lowest BCUT2D eigenvalue weighted by atomic mass is 10.3. The molecule has 0 aliphatic carbocycles. The predicted octanol–water partition coefficient (Wildman–Crippen LogP) is 2.92. The molecule has 2 aromatic rings. The Hall–Kier alpha value is -1.95. The number of carbonyl (C=O) groups is 1. The van der Waals surface area contributed by atoms with Gasteiger partial charge in [-0.3, -0.25) is 9.78 Å². The average molecular weight is 321 g/mol. The number of carbonyl (C=O) groups excluding carboxylic acids is 1. The minimum atomic E-state index is -0.258. The van der Waals surface area contributed by atoms with Gasteiger partial charge < -0.3 is 10.6 Å². The summed E-state index contributed by atoms with van der Waals surface area (Å²) in [7, 11) is 0. The normalized spacial score (nSPS) is 10.0. The van der Waals surface area contributed by atoms with Crippen LogP contribution in [0.15, 0.2) is 41.1 Å². The molecule has 5 nitrogen and oxygen atoms in total. The van der Waals surface area contributed by atoms with Crippen LogP contribution in [0.4, 0.5) is 11.5 Å². The predicted molar refractivity (Wildman–Crippen MR) is 78.3 cm³/mol. The molecule has 0 atom stereocenters. The molecular weight excluding hydrogens is 308 g/mol. The Morgan fingerprint density at radius 1 is 1.37 bits per heavy atom. The molecule has 1 amide bonds. The van der Waals surface area contributed by atoms with E-state index in [2.05, 4.69) is 36.5 Å². The summed E-state index contributed by atoms with van der Waals surface area (Å²) >= 11 is 3.33. The SMILES string of the molecule is CCNc1cccc(C(=O)Nc2ccncc2Br)n1. The number of hydrogen-bond donors (Lipinski definition) is 2. The summed E-state index contributed by atoms with van der Waals surface area (Å²) in [5.74, 6) is 0.426. The quantitative estimate of drug-likeness (QED) is 0.909. The standard InChI is InChI=1S/C13H13BrN4O/c1-2-16-12-5-3-4-11(17-12)13(19)18-10-6-7-15-8-9(10)14/h3-8H,2H2,1H3,(H,16,17)(H,15,18,19). The minimum Gasteiger partial charge on any atom is -0.370 e. The molecule has 19 heavy (non-hydrogen) atoms. The number of rotatable bonds is 4. The van der Waals surface area contributed by atoms with Crippen LogP contribution in [0.1, 0.15) is 17.4 Å². The number of aromatic nitrogens is 2. The summed E-state index contributed by atoms with van der Waals surface area (Å²) in [6.07, 6.45) is 3.24. The van der Waals surface area contributed by atoms with Gasteiger partial charge in [-0.1, -0.05) is 6.07 Å². The molecule has 0 fully saturated rings. The second kappa shape index (κ2) is 6.29. The molecule has 0 radical (unpaired) electrons. The van der Waals surface area contributed by atoms with Gasteiger partial charge in [-0.2, -0.15) is 0 Å². The molecule has 0 bridgehead atoms. The monoisotopic (exact) mass is 320 g/mol. The molecular formula is C13H13BrN4O. The van der Waals surface area contributed by atoms with Crippen molar-refractivity contribution in [1.82, 2.24) is 9.97 Å². The van der Waals surface area contributed by atoms with E-state index in [1.807, 2.05) is 13.0 Å². The molecule has 2 heterocycles. The molecule has 0 spiro atoms. The van der Waals surface area contributed by atoms with E-state index in [0.717, 1.165) is 11.0 Å². The zero-order valence-electron chi connectivity index (χ0n) is 10.4. The van der Waals surface area contributed by atoms with Crippen LogP contribution in [0, 0.1) is 0 Å². The van der Waals surface area contributed by atoms with Crippen molar-refractivity contribution >= 4 is 33.3 Å². The van der Waals surface area contributed by atoms with Gasteiger partial charge in [-0.05, 0) is 41.1 Å². The molecule has 0 aliphatic rings. The van der Waals surface area contributed by atoms with E-state index < -0.39 is 0 Å². The lowest BCUT2D eigenvalue weighted by molar-refractivity contribution is 0.102. The van der Waals surface area contributed by atoms with Crippen molar-refractivity contribution < 1.29 is 4.79 Å². The van der Waals surface area contributed by atoms with Crippen molar-refractivity contribution in [2.24, 2.45) is 0 Å². The van der Waals surface area contributed by atoms with Crippen molar-refractivity contribution in [3.05, 3.63) is 46.8 Å². The molecule has 2 N–H and O–H groups in total. The van der Waals surface area contributed by atoms with Gasteiger partial charge in [0.25, 0.3) is 5.91 Å². The number of halogens is 1. The van der Waals surface area contributed by atoms with E-state index in [-0.39, 0.29) is 5.91 Å². The third-order valence-electron chi connectivity index (χ3n) is 2.36. The largest absolute Gasteiger partial charge is 0.370 e. The van der Waals surface area contributed by atoms with Crippen molar-refractivity contribution in [2.45, 2.75) is 6.92 Å². The van der Waals surface area contributed by atoms with Gasteiger partial charge >= 0.3 is 0 Å². The van der Waals surface area contributed by atoms with Gasteiger partial charge in [0.1, 0.15) is 11.5 Å². The first-order valence-electron chi connectivity index (χ1n) is 5.82. The van der Waals surface area contributed by atoms with Crippen LogP contribution >= 0.6 is 15.9 Å². The van der Waals surface area contributed by atoms with Gasteiger partial charge in [0.05, 0.1) is 10.2 Å². The number of anilines is 2. The summed E-state index contributed by atoms with van der Waals surface area (Å²) in [6.45, 7) is 2.73. The second-order valence-electron chi connectivity index (χ2n) is 3.75. The summed E-state index contributed by atoms with van der Waals surface area (Å²) in [4.78, 5) is 20.3. The van der Waals surface area contributed by atoms with Crippen LogP contribution in [0.2, 0.25) is 0 Å². The van der Waals surface area contributed by atoms with Crippen molar-refractivity contribution in [2.75, 3.05) is 17.2 Å². The fourth-order valence-electron chi connectivity index (χ4n) is 1.50. The van der Waals surface area contributed by atoms with Gasteiger partial charge in [0.2, 0.25) is 0 Å². The number of hydrogen-bond acceptors (Lipinski definition) is 4. The van der Waals surface area contributed by atoms with Crippen LogP contribution in [0.25, 0.3) is 0 Å². The first kappa shape index (κ1) is 13.5. The van der Waals surface area contributed by atoms with E-state index in [1.54, 1.807) is 30.6 Å². The first-order valence-corrected chi connectivity index (χ1v) is 6.62. The lowest BCUT2D eigenvalue weighted by Crippen LogP contribution is -2.15. The molecule has 0 unspecified atom stereocenters. The van der Waals surface area contributed by atoms with E-state index in [0.29, 0.717) is 17.2 Å². The Morgan fingerprint density at radius 3 is 2.95 bits per heavy atom. The fourth-order valence-corrected chi connectivity index (χ4v) is 1.85. The van der Waals surface area contributed by atoms with Gasteiger partial charge in [0, 0.05) is 18.9 Å². The van der Waals surface area contributed by atoms with Gasteiger partial charge in [-0.25, -0.2) is 4.98 Å². The summed E-state index contributed by atoms with van der Waals surface area (Å²) < 4.78 is 0.728. The van der Waals surface area contributed by atoms with Crippen LogP contribution in [0.5, 0.6) is 0 Å². The van der Waals surface area contributed by atoms with E-state index in [9.17, 15) is 4.79 Å². The van der Waals surface area contributed by atoms with Crippen molar-refractivity contribution in [1.29, 1.82) is 0 Å². The maximum Gasteiger partial charge on any atom is 0.274 e. The van der Waals surface area contributed by atoms with Crippen molar-refractivity contribution in [3.8, 4) is 0 Å². The summed E-state index contributed by atoms with van der Waals surface area (Å²) in [5, 5.41) is 5.85. The van der Waals surface area contributed by atoms with Crippen LogP contribution in [0.3, 0.4) is 0 Å². The Kier molecular flexibility index (Phi) is 4.46. The van der Waals surface area contributed by atoms with Crippen LogP contribution in [-0.4, -0.2) is 22.4 Å². The zero-order valence-corrected chi connectivity index (χ0v) is 11.9. The summed E-state index contributed by atoms with van der Waals surface area (Å²) in [5.41, 5.74) is 1.03. The number of pyridine rings is 2. The van der Waals surface area contributed by atoms with Crippen molar-refractivity contribution in [3.63, 3.8) is 0 Å². The highest BCUT2D eigenvalue weighted by Gasteiger charge is 2.10. The Balaban J connectivity index is 2.16. The van der Waals surface area contributed by atoms with Gasteiger partial charge in [0.15, 0.2) is 0 Å². The molecule has 2 rings (SSSR count). The fraction of sp³-hybridized carbons (Fsp3) is 0.154. The zero-order chi connectivity index (χ0) is 13.7. The average Bonchev–Trinajstić information content (AvgIpc) is 2.42. The number of amides is 1. The molecule has 0 aromatic carbocycles. The molecule has 6 heteroatoms. The highest BCUT2D eigenvalue weighted by Crippen LogP contribution is 2.20. The minimum absolute atomic E-state index is 0.258. The third-order valence-corrected chi connectivity index (χ3v) is 2.99. The Morgan fingerprint density at radius 2 is 2.21 bits per heavy atom. The van der Waals surface area contributed by atoms with Gasteiger partial charge in [-0.15, -0.1) is 0 Å². The molecule has 0 saturated carbocycles. The maximum atomic E-state index is 12.1. The number of nitrogens with zero attached hydrogens (tertiary/aromatic N) is 2. The Labute approximate surface area is 119 Å². The smallest absolute Gasteiger partial charge is 0.274 e. The molecule has 98 valence electrons. The lowest BCUT2D eigenvalue weighted by Gasteiger charge is -2.07. The number of nitrogens with one attached hydrogen (secondary N) is 2. The highest BCUT2D eigenvalue weighted by atomic mass is 79.9. The second-order valence-corrected chi connectivity index (χ2v) is 4.60. The topological polar surface area (TPSA) is 66.9 Å². The molecule has 2 aromatic heterocycles. The van der Waals surface area contributed by atoms with Crippen LogP contribution in [-0.2, 0) is 0 Å². The van der Waals surface area contributed by atoms with Crippen LogP contribution < -0.4 is 10.6 Å². The maximum absolute atomic E-state index is 12.1. The molecule has 0 aliphatic heterocycles. The van der Waals surface area contributed by atoms with E-state index in [1.165, 1.54) is 0 Å². The third kappa shape index (κ3) is 3.51.